The monoisotopic (exact) mass is 593 g/mol. The fourth-order valence-electron chi connectivity index (χ4n) is 4.55. The van der Waals surface area contributed by atoms with E-state index < -0.39 is 9.85 Å². The highest BCUT2D eigenvalue weighted by Gasteiger charge is 2.08. The van der Waals surface area contributed by atoms with Gasteiger partial charge in [0.25, 0.3) is 11.4 Å². The van der Waals surface area contributed by atoms with Crippen LogP contribution in [0.2, 0.25) is 0 Å². The molecule has 11 nitrogen and oxygen atoms in total. The van der Waals surface area contributed by atoms with Crippen LogP contribution in [0.25, 0.3) is 21.5 Å². The van der Waals surface area contributed by atoms with Crippen molar-refractivity contribution in [3.8, 4) is 11.5 Å². The lowest BCUT2D eigenvalue weighted by Crippen LogP contribution is -2.82. The average Bonchev–Trinajstić information content (AvgIpc) is 3.55. The Hall–Kier alpha value is -5.81. The van der Waals surface area contributed by atoms with Gasteiger partial charge in [-0.2, -0.15) is 0 Å². The molecule has 0 saturated heterocycles. The Morgan fingerprint density at radius 3 is 1.84 bits per heavy atom. The lowest BCUT2D eigenvalue weighted by atomic mass is 9.97. The van der Waals surface area contributed by atoms with Crippen molar-refractivity contribution in [1.82, 2.24) is 9.55 Å². The van der Waals surface area contributed by atoms with E-state index in [0.29, 0.717) is 0 Å². The molecule has 0 bridgehead atoms. The molecule has 0 saturated carbocycles. The Morgan fingerprint density at radius 1 is 0.773 bits per heavy atom. The molecule has 0 aliphatic heterocycles. The molecule has 1 heterocycles. The van der Waals surface area contributed by atoms with E-state index in [9.17, 15) is 25.3 Å². The standard InChI is InChI=1S/C21H21N3.2C6H5NO3/c1-3-8-19-17(6-1)14-18-7-2-4-9-20(18)21(19)15-22-10-5-12-24-13-11-23-16-24;2*8-6-3-1-5(2-4-6)7(9)10/h1-4,6-9,11,13-14,16,22H,5,10,12,15H2;2*1-4,8H. The Morgan fingerprint density at radius 2 is 1.32 bits per heavy atom. The van der Waals surface area contributed by atoms with Gasteiger partial charge in [-0.05, 0) is 39.7 Å². The number of hydrogen-bond acceptors (Lipinski definition) is 7. The second-order valence-corrected chi connectivity index (χ2v) is 9.76. The number of fused-ring (bicyclic) bond motifs is 2. The molecule has 0 fully saturated rings. The third kappa shape index (κ3) is 8.84. The number of aryl methyl sites for hydroxylation is 1. The highest BCUT2D eigenvalue weighted by Crippen LogP contribution is 2.27. The van der Waals surface area contributed by atoms with Crippen molar-refractivity contribution in [3.05, 3.63) is 148 Å². The van der Waals surface area contributed by atoms with Gasteiger partial charge in [0.1, 0.15) is 12.3 Å². The van der Waals surface area contributed by atoms with Crippen molar-refractivity contribution in [1.29, 1.82) is 0 Å². The van der Waals surface area contributed by atoms with E-state index in [1.54, 1.807) is 0 Å². The number of nitro benzene ring substituents is 2. The average molecular weight is 594 g/mol. The lowest BCUT2D eigenvalue weighted by Gasteiger charge is -2.11. The van der Waals surface area contributed by atoms with Gasteiger partial charge in [-0.3, -0.25) is 20.2 Å². The minimum Gasteiger partial charge on any atom is -0.872 e. The number of nitro groups is 2. The second-order valence-electron chi connectivity index (χ2n) is 9.76. The molecule has 0 spiro atoms. The van der Waals surface area contributed by atoms with Crippen LogP contribution in [-0.4, -0.2) is 31.0 Å². The number of aromatic nitrogens is 2. The zero-order valence-corrected chi connectivity index (χ0v) is 23.7. The summed E-state index contributed by atoms with van der Waals surface area (Å²) in [4.78, 5) is 23.1. The van der Waals surface area contributed by atoms with Crippen LogP contribution >= 0.6 is 0 Å². The van der Waals surface area contributed by atoms with Crippen LogP contribution in [0, 0.1) is 20.2 Å². The van der Waals surface area contributed by atoms with E-state index in [2.05, 4.69) is 69.5 Å². The number of aromatic hydroxyl groups is 1. The lowest BCUT2D eigenvalue weighted by molar-refractivity contribution is -0.670. The van der Waals surface area contributed by atoms with Crippen molar-refractivity contribution >= 4 is 32.9 Å². The number of nitrogens with two attached hydrogens (primary N) is 1. The maximum Gasteiger partial charge on any atom is 0.269 e. The maximum absolute atomic E-state index is 10.4. The summed E-state index contributed by atoms with van der Waals surface area (Å²) >= 11 is 0. The number of benzene rings is 5. The molecule has 224 valence electrons. The molecule has 0 atom stereocenters. The molecular weight excluding hydrogens is 562 g/mol. The van der Waals surface area contributed by atoms with Crippen LogP contribution in [0.15, 0.2) is 122 Å². The molecule has 5 aromatic carbocycles. The number of nitrogens with zero attached hydrogens (tertiary/aromatic N) is 4. The predicted octanol–water partition coefficient (Wildman–Crippen LogP) is 5.31. The van der Waals surface area contributed by atoms with Crippen LogP contribution in [0.4, 0.5) is 11.4 Å². The summed E-state index contributed by atoms with van der Waals surface area (Å²) in [6.07, 6.45) is 6.90. The minimum atomic E-state index is -0.542. The summed E-state index contributed by atoms with van der Waals surface area (Å²) in [6, 6.07) is 29.5. The highest BCUT2D eigenvalue weighted by atomic mass is 16.6. The molecule has 0 amide bonds. The quantitative estimate of drug-likeness (QED) is 0.104. The molecular formula is C33H31N5O6. The van der Waals surface area contributed by atoms with Crippen LogP contribution in [0.5, 0.6) is 11.5 Å². The normalized spacial score (nSPS) is 10.4. The van der Waals surface area contributed by atoms with Gasteiger partial charge in [-0.25, -0.2) is 4.98 Å². The molecule has 3 N–H and O–H groups in total. The highest BCUT2D eigenvalue weighted by molar-refractivity contribution is 6.02. The first kappa shape index (κ1) is 31.1. The van der Waals surface area contributed by atoms with Crippen LogP contribution in [-0.2, 0) is 13.1 Å². The Bertz CT molecular complexity index is 1700. The summed E-state index contributed by atoms with van der Waals surface area (Å²) in [6.45, 7) is 3.17. The molecule has 0 radical (unpaired) electrons. The fourth-order valence-corrected chi connectivity index (χ4v) is 4.55. The van der Waals surface area contributed by atoms with Gasteiger partial charge in [0, 0.05) is 55.2 Å². The van der Waals surface area contributed by atoms with Gasteiger partial charge < -0.3 is 20.1 Å². The molecule has 6 rings (SSSR count). The maximum atomic E-state index is 10.4. The summed E-state index contributed by atoms with van der Waals surface area (Å²) < 4.78 is 2.14. The van der Waals surface area contributed by atoms with Crippen molar-refractivity contribution in [2.75, 3.05) is 6.54 Å². The summed E-state index contributed by atoms with van der Waals surface area (Å²) in [5.74, 6) is -0.184. The van der Waals surface area contributed by atoms with E-state index in [1.807, 2.05) is 18.7 Å². The van der Waals surface area contributed by atoms with Crippen molar-refractivity contribution in [2.45, 2.75) is 19.5 Å². The van der Waals surface area contributed by atoms with Gasteiger partial charge in [0.05, 0.1) is 22.7 Å². The minimum absolute atomic E-state index is 0.0159. The molecule has 44 heavy (non-hydrogen) atoms. The number of non-ortho nitro benzene ring substituents is 2. The third-order valence-electron chi connectivity index (χ3n) is 6.72. The van der Waals surface area contributed by atoms with E-state index in [-0.39, 0.29) is 22.9 Å². The molecule has 0 unspecified atom stereocenters. The van der Waals surface area contributed by atoms with Crippen molar-refractivity contribution in [3.63, 3.8) is 0 Å². The van der Waals surface area contributed by atoms with Crippen LogP contribution < -0.4 is 10.4 Å². The predicted molar refractivity (Wildman–Crippen MR) is 166 cm³/mol. The van der Waals surface area contributed by atoms with Crippen molar-refractivity contribution in [2.24, 2.45) is 0 Å². The number of rotatable bonds is 8. The Balaban J connectivity index is 0.000000182. The molecule has 1 aromatic heterocycles. The van der Waals surface area contributed by atoms with Crippen molar-refractivity contribution < 1.29 is 25.4 Å². The van der Waals surface area contributed by atoms with Gasteiger partial charge in [0.2, 0.25) is 0 Å². The van der Waals surface area contributed by atoms with Gasteiger partial charge in [-0.1, -0.05) is 60.7 Å². The Labute approximate surface area is 253 Å². The largest absolute Gasteiger partial charge is 0.872 e. The molecule has 11 heteroatoms. The van der Waals surface area contributed by atoms with E-state index >= 15 is 0 Å². The molecule has 0 aliphatic carbocycles. The van der Waals surface area contributed by atoms with Gasteiger partial charge in [0.15, 0.2) is 0 Å². The number of hydrogen-bond donors (Lipinski definition) is 2. The number of imidazole rings is 1. The van der Waals surface area contributed by atoms with E-state index in [4.69, 9.17) is 5.11 Å². The summed E-state index contributed by atoms with van der Waals surface area (Å²) in [5.41, 5.74) is 1.38. The zero-order chi connectivity index (χ0) is 31.3. The summed E-state index contributed by atoms with van der Waals surface area (Å²) in [7, 11) is 0. The first-order chi connectivity index (χ1) is 21.3. The fraction of sp³-hybridized carbons (Fsp3) is 0.121. The smallest absolute Gasteiger partial charge is 0.269 e. The SMILES string of the molecule is O=[N+]([O-])c1ccc(O)cc1.O=[N+]([O-])c1ccc([O-])cc1.c1ccc2c(C[NH2+]CCCn3ccnc3)c3ccccc3cc2c1. The number of quaternary nitrogens is 1. The molecule has 6 aromatic rings. The van der Waals surface area contributed by atoms with Gasteiger partial charge in [-0.15, -0.1) is 5.75 Å². The summed E-state index contributed by atoms with van der Waals surface area (Å²) in [5, 5.41) is 47.0. The van der Waals surface area contributed by atoms with E-state index in [0.717, 1.165) is 38.2 Å². The Kier molecular flexibility index (Phi) is 10.9. The van der Waals surface area contributed by atoms with Crippen LogP contribution in [0.1, 0.15) is 12.0 Å². The first-order valence-corrected chi connectivity index (χ1v) is 13.8. The van der Waals surface area contributed by atoms with Gasteiger partial charge >= 0.3 is 0 Å². The number of phenolic OH excluding ortho intramolecular Hbond substituents is 1. The first-order valence-electron chi connectivity index (χ1n) is 13.8. The second kappa shape index (κ2) is 15.4. The topological polar surface area (TPSA) is 164 Å². The molecule has 0 aliphatic rings. The third-order valence-corrected chi connectivity index (χ3v) is 6.72. The van der Waals surface area contributed by atoms with Crippen LogP contribution in [0.3, 0.4) is 0 Å². The van der Waals surface area contributed by atoms with E-state index in [1.165, 1.54) is 63.5 Å². The number of phenols is 1. The zero-order valence-electron chi connectivity index (χ0n) is 23.7.